The summed E-state index contributed by atoms with van der Waals surface area (Å²) in [6.07, 6.45) is 6.12. The number of fused-ring (bicyclic) bond motifs is 2. The van der Waals surface area contributed by atoms with Crippen LogP contribution in [0.5, 0.6) is 11.8 Å². The molecule has 0 spiro atoms. The van der Waals surface area contributed by atoms with E-state index in [4.69, 9.17) is 32.7 Å². The molecule has 24 heteroatoms. The topological polar surface area (TPSA) is 238 Å². The van der Waals surface area contributed by atoms with E-state index < -0.39 is 47.8 Å². The minimum atomic E-state index is -1.07. The fourth-order valence-corrected chi connectivity index (χ4v) is 10.6. The maximum absolute atomic E-state index is 15.5. The lowest BCUT2D eigenvalue weighted by Crippen LogP contribution is -2.19. The normalized spacial score (nSPS) is 13.5. The monoisotopic (exact) mass is 1260 g/mol. The van der Waals surface area contributed by atoms with Gasteiger partial charge in [0.2, 0.25) is 11.8 Å². The number of imidazole rings is 2. The summed E-state index contributed by atoms with van der Waals surface area (Å²) in [5, 5.41) is 24.6. The van der Waals surface area contributed by atoms with Crippen molar-refractivity contribution < 1.29 is 56.4 Å². The lowest BCUT2D eigenvalue weighted by molar-refractivity contribution is 0.0686. The molecule has 0 atom stereocenters. The molecule has 2 saturated carbocycles. The number of nitrogens with zero attached hydrogens (tertiary/aromatic N) is 8. The molecule has 0 radical (unpaired) electrons. The smallest absolute Gasteiger partial charge is 0.335 e. The van der Waals surface area contributed by atoms with Gasteiger partial charge >= 0.3 is 11.9 Å². The van der Waals surface area contributed by atoms with E-state index in [2.05, 4.69) is 40.5 Å². The number of carbonyl (C=O) groups is 4. The SMILES string of the molecule is CNC(=O)c1cc(Cl)c(COc2cccc(-c3ccc(Cc4nc5ccc(C(=O)O)cc5n4CC4(CF)CC4)c(F)c3)n2)cn1.CNC(=O)c1cc(Cl)c(COc2cccc(-c3ccc(Cc4nc5ccc(C(=O)O)cc5n4CC4(CF)CC4)c(F)c3)n2)cn1. The van der Waals surface area contributed by atoms with Crippen LogP contribution in [0.3, 0.4) is 0 Å². The first kappa shape index (κ1) is 61.8. The predicted octanol–water partition coefficient (Wildman–Crippen LogP) is 12.5. The zero-order chi connectivity index (χ0) is 63.4. The lowest BCUT2D eigenvalue weighted by Gasteiger charge is -2.16. The first-order valence-corrected chi connectivity index (χ1v) is 29.2. The molecule has 6 aromatic heterocycles. The summed E-state index contributed by atoms with van der Waals surface area (Å²) in [6, 6.07) is 32.1. The second-order valence-electron chi connectivity index (χ2n) is 22.3. The van der Waals surface area contributed by atoms with Gasteiger partial charge < -0.3 is 39.5 Å². The number of halogens is 6. The summed E-state index contributed by atoms with van der Waals surface area (Å²) in [6.45, 7) is -0.179. The molecule has 2 aliphatic rings. The fourth-order valence-electron chi connectivity index (χ4n) is 10.2. The highest BCUT2D eigenvalue weighted by Crippen LogP contribution is 2.49. The van der Waals surface area contributed by atoms with Crippen LogP contribution in [0.25, 0.3) is 44.6 Å². The lowest BCUT2D eigenvalue weighted by atomic mass is 10.0. The highest BCUT2D eigenvalue weighted by atomic mass is 35.5. The Labute approximate surface area is 521 Å². The summed E-state index contributed by atoms with van der Waals surface area (Å²) in [7, 11) is 3.01. The molecule has 18 nitrogen and oxygen atoms in total. The van der Waals surface area contributed by atoms with Gasteiger partial charge in [-0.3, -0.25) is 28.3 Å². The zero-order valence-electron chi connectivity index (χ0n) is 48.4. The van der Waals surface area contributed by atoms with Gasteiger partial charge in [0.25, 0.3) is 11.8 Å². The number of benzene rings is 4. The minimum Gasteiger partial charge on any atom is -0.478 e. The van der Waals surface area contributed by atoms with E-state index in [0.717, 1.165) is 25.7 Å². The van der Waals surface area contributed by atoms with Crippen molar-refractivity contribution in [3.63, 3.8) is 0 Å². The van der Waals surface area contributed by atoms with Crippen LogP contribution in [0.1, 0.15) is 101 Å². The van der Waals surface area contributed by atoms with Crippen molar-refractivity contribution in [1.29, 1.82) is 0 Å². The number of pyridine rings is 4. The molecule has 10 aromatic rings. The molecule has 12 rings (SSSR count). The van der Waals surface area contributed by atoms with E-state index in [1.807, 2.05) is 9.13 Å². The number of aromatic carboxylic acids is 2. The zero-order valence-corrected chi connectivity index (χ0v) is 49.9. The van der Waals surface area contributed by atoms with Gasteiger partial charge in [0.1, 0.15) is 47.9 Å². The van der Waals surface area contributed by atoms with Crippen LogP contribution in [0.15, 0.2) is 134 Å². The molecule has 2 amide bonds. The van der Waals surface area contributed by atoms with Crippen molar-refractivity contribution in [3.8, 4) is 34.3 Å². The molecule has 4 aromatic carbocycles. The number of hydrogen-bond donors (Lipinski definition) is 4. The van der Waals surface area contributed by atoms with Crippen molar-refractivity contribution >= 4 is 69.0 Å². The molecule has 460 valence electrons. The predicted molar refractivity (Wildman–Crippen MR) is 327 cm³/mol. The molecule has 0 aliphatic heterocycles. The average molecular weight is 1260 g/mol. The summed E-state index contributed by atoms with van der Waals surface area (Å²) in [5.74, 6) is -2.13. The number of carboxylic acid groups (broad SMARTS) is 2. The van der Waals surface area contributed by atoms with Crippen LogP contribution in [0.2, 0.25) is 10.0 Å². The number of aromatic nitrogens is 8. The van der Waals surface area contributed by atoms with Crippen molar-refractivity contribution in [2.24, 2.45) is 10.8 Å². The number of rotatable bonds is 22. The Morgan fingerprint density at radius 2 is 0.956 bits per heavy atom. The maximum Gasteiger partial charge on any atom is 0.335 e. The van der Waals surface area contributed by atoms with Crippen LogP contribution in [0.4, 0.5) is 17.6 Å². The summed E-state index contributed by atoms with van der Waals surface area (Å²) in [4.78, 5) is 73.3. The Balaban J connectivity index is 0.000000185. The van der Waals surface area contributed by atoms with E-state index in [1.165, 1.54) is 75.0 Å². The fraction of sp³-hybridized carbons (Fsp3) is 0.242. The number of carbonyl (C=O) groups excluding carboxylic acids is 2. The second-order valence-corrected chi connectivity index (χ2v) is 23.1. The standard InChI is InChI=1S/2C33H28ClF2N5O4/c2*1-37-31(42)27-14-23(34)22(15-38-27)16-45-30-4-2-3-25(40-30)20-6-5-19(24(36)11-20)13-29-39-26-8-7-21(32(43)44)12-28(26)41(29)18-33(17-35)9-10-33/h2*2-8,11-12,14-15H,9-10,13,16-18H2,1H3,(H,37,42)(H,43,44). The number of ether oxygens (including phenoxy) is 2. The van der Waals surface area contributed by atoms with Gasteiger partial charge in [0.15, 0.2) is 0 Å². The third-order valence-electron chi connectivity index (χ3n) is 16.0. The van der Waals surface area contributed by atoms with Gasteiger partial charge in [-0.15, -0.1) is 0 Å². The summed E-state index contributed by atoms with van der Waals surface area (Å²) < 4.78 is 74.1. The van der Waals surface area contributed by atoms with Gasteiger partial charge in [0, 0.05) is 97.6 Å². The van der Waals surface area contributed by atoms with Crippen LogP contribution < -0.4 is 20.1 Å². The van der Waals surface area contributed by atoms with Crippen LogP contribution >= 0.6 is 23.2 Å². The molecular formula is C66H56Cl2F4N10O8. The van der Waals surface area contributed by atoms with Gasteiger partial charge in [-0.1, -0.05) is 59.6 Å². The number of carboxylic acids is 2. The molecular weight excluding hydrogens is 1210 g/mol. The van der Waals surface area contributed by atoms with Crippen LogP contribution in [0, 0.1) is 22.5 Å². The Morgan fingerprint density at radius 1 is 0.544 bits per heavy atom. The molecule has 0 saturated heterocycles. The second kappa shape index (κ2) is 26.1. The van der Waals surface area contributed by atoms with E-state index in [0.29, 0.717) is 113 Å². The highest BCUT2D eigenvalue weighted by molar-refractivity contribution is 6.32. The Bertz CT molecular complexity index is 4160. The number of hydrogen-bond acceptors (Lipinski definition) is 12. The van der Waals surface area contributed by atoms with E-state index in [9.17, 15) is 38.2 Å². The maximum atomic E-state index is 15.5. The quantitative estimate of drug-likeness (QED) is 0.0462. The Kier molecular flexibility index (Phi) is 17.9. The number of alkyl halides is 2. The Morgan fingerprint density at radius 3 is 1.30 bits per heavy atom. The van der Waals surface area contributed by atoms with Crippen molar-refractivity contribution in [1.82, 2.24) is 49.7 Å². The van der Waals surface area contributed by atoms with Crippen molar-refractivity contribution in [2.45, 2.75) is 64.8 Å². The minimum absolute atomic E-state index is 0.0578. The number of nitrogens with one attached hydrogen (secondary N) is 2. The van der Waals surface area contributed by atoms with E-state index >= 15 is 8.78 Å². The summed E-state index contributed by atoms with van der Waals surface area (Å²) >= 11 is 12.6. The summed E-state index contributed by atoms with van der Waals surface area (Å²) in [5.41, 5.74) is 5.84. The van der Waals surface area contributed by atoms with Gasteiger partial charge in [-0.2, -0.15) is 0 Å². The molecule has 90 heavy (non-hydrogen) atoms. The van der Waals surface area contributed by atoms with E-state index in [1.54, 1.807) is 72.8 Å². The number of amides is 2. The third kappa shape index (κ3) is 13.7. The van der Waals surface area contributed by atoms with Crippen LogP contribution in [-0.4, -0.2) is 100 Å². The first-order chi connectivity index (χ1) is 43.4. The molecule has 0 bridgehead atoms. The molecule has 2 fully saturated rings. The van der Waals surface area contributed by atoms with Crippen molar-refractivity contribution in [2.75, 3.05) is 27.4 Å². The van der Waals surface area contributed by atoms with Crippen molar-refractivity contribution in [3.05, 3.63) is 212 Å². The van der Waals surface area contributed by atoms with E-state index in [-0.39, 0.29) is 60.4 Å². The molecule has 2 aliphatic carbocycles. The molecule has 6 heterocycles. The first-order valence-electron chi connectivity index (χ1n) is 28.4. The molecule has 4 N–H and O–H groups in total. The third-order valence-corrected chi connectivity index (χ3v) is 16.7. The van der Waals surface area contributed by atoms with Gasteiger partial charge in [-0.05, 0) is 110 Å². The van der Waals surface area contributed by atoms with Gasteiger partial charge in [-0.25, -0.2) is 38.3 Å². The van der Waals surface area contributed by atoms with Gasteiger partial charge in [0.05, 0.1) is 68.0 Å². The highest BCUT2D eigenvalue weighted by Gasteiger charge is 2.45. The average Bonchev–Trinajstić information content (AvgIpc) is 1.63. The largest absolute Gasteiger partial charge is 0.478 e. The Hall–Kier alpha value is -9.80. The van der Waals surface area contributed by atoms with Crippen LogP contribution in [-0.2, 0) is 39.1 Å². The molecule has 0 unspecified atom stereocenters.